The molecule has 1 aromatic carbocycles. The molecule has 1 aromatic rings. The van der Waals surface area contributed by atoms with Crippen LogP contribution in [0.4, 0.5) is 5.69 Å². The lowest BCUT2D eigenvalue weighted by atomic mass is 10.0. The van der Waals surface area contributed by atoms with Crippen LogP contribution in [-0.2, 0) is 4.79 Å². The minimum atomic E-state index is -0.549. The largest absolute Gasteiger partial charge is 0.388 e. The molecule has 0 aromatic heterocycles. The van der Waals surface area contributed by atoms with Crippen molar-refractivity contribution in [3.05, 3.63) is 34.9 Å². The minimum Gasteiger partial charge on any atom is -0.388 e. The van der Waals surface area contributed by atoms with E-state index in [0.29, 0.717) is 29.1 Å². The molecule has 0 saturated carbocycles. The molecule has 5 heteroatoms. The molecule has 2 rings (SSSR count). The molecule has 0 bridgehead atoms. The van der Waals surface area contributed by atoms with Gasteiger partial charge in [-0.3, -0.25) is 9.59 Å². The van der Waals surface area contributed by atoms with Gasteiger partial charge in [-0.05, 0) is 19.1 Å². The third-order valence-corrected chi connectivity index (χ3v) is 2.91. The molecule has 1 aliphatic heterocycles. The maximum atomic E-state index is 11.5. The smallest absolute Gasteiger partial charge is 0.188 e. The van der Waals surface area contributed by atoms with Gasteiger partial charge in [0.05, 0.1) is 5.69 Å². The predicted molar refractivity (Wildman–Crippen MR) is 72.4 cm³/mol. The topological polar surface area (TPSA) is 92.8 Å². The molecule has 0 radical (unpaired) electrons. The van der Waals surface area contributed by atoms with Gasteiger partial charge in [0, 0.05) is 23.1 Å². The lowest BCUT2D eigenvalue weighted by Crippen LogP contribution is -2.13. The van der Waals surface area contributed by atoms with Crippen LogP contribution < -0.4 is 5.73 Å². The highest BCUT2D eigenvalue weighted by atomic mass is 16.3. The van der Waals surface area contributed by atoms with Crippen LogP contribution >= 0.6 is 0 Å². The van der Waals surface area contributed by atoms with Crippen LogP contribution in [0, 0.1) is 0 Å². The molecule has 0 amide bonds. The number of carbonyl (C=O) groups is 2. The van der Waals surface area contributed by atoms with Crippen LogP contribution in [0.25, 0.3) is 6.08 Å². The molecule has 1 aliphatic rings. The van der Waals surface area contributed by atoms with E-state index in [1.165, 1.54) is 6.92 Å². The van der Waals surface area contributed by atoms with E-state index in [-0.39, 0.29) is 11.6 Å². The maximum Gasteiger partial charge on any atom is 0.188 e. The van der Waals surface area contributed by atoms with Gasteiger partial charge in [0.15, 0.2) is 11.6 Å². The van der Waals surface area contributed by atoms with E-state index < -0.39 is 6.61 Å². The number of rotatable bonds is 3. The Hall–Kier alpha value is -2.27. The number of aliphatic hydroxyl groups is 1. The summed E-state index contributed by atoms with van der Waals surface area (Å²) < 4.78 is 0. The Morgan fingerprint density at radius 1 is 1.42 bits per heavy atom. The highest BCUT2D eigenvalue weighted by Gasteiger charge is 2.14. The van der Waals surface area contributed by atoms with Gasteiger partial charge >= 0.3 is 0 Å². The highest BCUT2D eigenvalue weighted by Crippen LogP contribution is 2.27. The quantitative estimate of drug-likeness (QED) is 0.797. The van der Waals surface area contributed by atoms with Crippen molar-refractivity contribution in [2.75, 3.05) is 6.61 Å². The van der Waals surface area contributed by atoms with Crippen LogP contribution in [0.1, 0.15) is 29.3 Å². The summed E-state index contributed by atoms with van der Waals surface area (Å²) in [6.45, 7) is 0.931. The van der Waals surface area contributed by atoms with Crippen molar-refractivity contribution in [2.45, 2.75) is 13.3 Å². The van der Waals surface area contributed by atoms with E-state index in [1.54, 1.807) is 24.3 Å². The lowest BCUT2D eigenvalue weighted by molar-refractivity contribution is -0.113. The van der Waals surface area contributed by atoms with Gasteiger partial charge in [-0.2, -0.15) is 0 Å². The highest BCUT2D eigenvalue weighted by molar-refractivity contribution is 6.06. The number of carbonyl (C=O) groups excluding carboxylic acids is 2. The molecular weight excluding hydrogens is 244 g/mol. The third kappa shape index (κ3) is 2.77. The number of nitrogens with zero attached hydrogens (tertiary/aromatic N) is 1. The second kappa shape index (κ2) is 5.16. The van der Waals surface area contributed by atoms with Crippen LogP contribution in [0.3, 0.4) is 0 Å². The molecule has 0 fully saturated rings. The molecule has 1 heterocycles. The minimum absolute atomic E-state index is 0.0542. The zero-order chi connectivity index (χ0) is 14.0. The standard InChI is InChI=1S/C14H14N2O3/c1-8(18)11-4-9-2-3-10(13(19)7-17)5-12(9)16-14(15)6-11/h2-5,17H,6-7H2,1H3,(H2,15,16). The van der Waals surface area contributed by atoms with Crippen LogP contribution in [0.2, 0.25) is 0 Å². The predicted octanol–water partition coefficient (Wildman–Crippen LogP) is 1.23. The monoisotopic (exact) mass is 258 g/mol. The summed E-state index contributed by atoms with van der Waals surface area (Å²) in [6, 6.07) is 4.87. The molecule has 3 N–H and O–H groups in total. The van der Waals surface area contributed by atoms with Gasteiger partial charge in [0.1, 0.15) is 12.4 Å². The Balaban J connectivity index is 2.54. The number of benzene rings is 1. The maximum absolute atomic E-state index is 11.5. The van der Waals surface area contributed by atoms with E-state index in [0.717, 1.165) is 5.56 Å². The molecule has 0 spiro atoms. The summed E-state index contributed by atoms with van der Waals surface area (Å²) in [7, 11) is 0. The fourth-order valence-corrected chi connectivity index (χ4v) is 1.88. The van der Waals surface area contributed by atoms with Crippen molar-refractivity contribution in [2.24, 2.45) is 10.7 Å². The van der Waals surface area contributed by atoms with Crippen molar-refractivity contribution in [1.82, 2.24) is 0 Å². The number of nitrogens with two attached hydrogens (primary N) is 1. The first kappa shape index (κ1) is 13.2. The summed E-state index contributed by atoms with van der Waals surface area (Å²) in [6.07, 6.45) is 2.03. The Kier molecular flexibility index (Phi) is 3.57. The number of amidine groups is 1. The Morgan fingerprint density at radius 2 is 2.16 bits per heavy atom. The number of fused-ring (bicyclic) bond motifs is 1. The van der Waals surface area contributed by atoms with Crippen molar-refractivity contribution < 1.29 is 14.7 Å². The number of hydrogen-bond donors (Lipinski definition) is 2. The first-order valence-electron chi connectivity index (χ1n) is 5.84. The molecule has 0 saturated heterocycles. The van der Waals surface area contributed by atoms with Crippen LogP contribution in [-0.4, -0.2) is 29.1 Å². The fraction of sp³-hybridized carbons (Fsp3) is 0.214. The van der Waals surface area contributed by atoms with E-state index >= 15 is 0 Å². The summed E-state index contributed by atoms with van der Waals surface area (Å²) in [4.78, 5) is 27.1. The second-order valence-corrected chi connectivity index (χ2v) is 4.36. The molecule has 0 atom stereocenters. The van der Waals surface area contributed by atoms with E-state index in [2.05, 4.69) is 4.99 Å². The molecule has 0 unspecified atom stereocenters. The zero-order valence-corrected chi connectivity index (χ0v) is 10.5. The summed E-state index contributed by atoms with van der Waals surface area (Å²) >= 11 is 0. The second-order valence-electron chi connectivity index (χ2n) is 4.36. The molecule has 5 nitrogen and oxygen atoms in total. The third-order valence-electron chi connectivity index (χ3n) is 2.91. The number of ketones is 2. The Labute approximate surface area is 110 Å². The average Bonchev–Trinajstić information content (AvgIpc) is 2.54. The van der Waals surface area contributed by atoms with Gasteiger partial charge in [-0.15, -0.1) is 0 Å². The molecule has 0 aliphatic carbocycles. The van der Waals surface area contributed by atoms with E-state index in [1.807, 2.05) is 0 Å². The molecule has 19 heavy (non-hydrogen) atoms. The van der Waals surface area contributed by atoms with E-state index in [4.69, 9.17) is 10.8 Å². The van der Waals surface area contributed by atoms with E-state index in [9.17, 15) is 9.59 Å². The number of aliphatic imine (C=N–C) groups is 1. The first-order valence-corrected chi connectivity index (χ1v) is 5.84. The average molecular weight is 258 g/mol. The SMILES string of the molecule is CC(=O)C1=Cc2ccc(C(=O)CO)cc2N=C(N)C1. The fourth-order valence-electron chi connectivity index (χ4n) is 1.88. The summed E-state index contributed by atoms with van der Waals surface area (Å²) in [5.41, 5.74) is 7.99. The number of Topliss-reactive ketones (excluding diaryl/α,β-unsaturated/α-hetero) is 2. The number of hydrogen-bond acceptors (Lipinski definition) is 5. The van der Waals surface area contributed by atoms with Crippen LogP contribution in [0.5, 0.6) is 0 Å². The van der Waals surface area contributed by atoms with Gasteiger partial charge in [0.2, 0.25) is 0 Å². The zero-order valence-electron chi connectivity index (χ0n) is 10.5. The van der Waals surface area contributed by atoms with Crippen molar-refractivity contribution in [3.8, 4) is 0 Å². The van der Waals surface area contributed by atoms with Gasteiger partial charge in [0.25, 0.3) is 0 Å². The Morgan fingerprint density at radius 3 is 2.79 bits per heavy atom. The van der Waals surface area contributed by atoms with Crippen molar-refractivity contribution >= 4 is 29.2 Å². The first-order chi connectivity index (χ1) is 9.01. The molecular formula is C14H14N2O3. The lowest BCUT2D eigenvalue weighted by Gasteiger charge is -2.03. The van der Waals surface area contributed by atoms with Gasteiger partial charge in [-0.25, -0.2) is 4.99 Å². The van der Waals surface area contributed by atoms with Gasteiger partial charge in [-0.1, -0.05) is 12.1 Å². The van der Waals surface area contributed by atoms with Crippen molar-refractivity contribution in [3.63, 3.8) is 0 Å². The summed E-state index contributed by atoms with van der Waals surface area (Å²) in [5, 5.41) is 8.85. The normalized spacial score (nSPS) is 14.0. The Bertz CT molecular complexity index is 615. The van der Waals surface area contributed by atoms with Crippen molar-refractivity contribution in [1.29, 1.82) is 0 Å². The van der Waals surface area contributed by atoms with Gasteiger partial charge < -0.3 is 10.8 Å². The summed E-state index contributed by atoms with van der Waals surface area (Å²) in [5.74, 6) is -0.105. The number of aliphatic hydroxyl groups excluding tert-OH is 1. The van der Waals surface area contributed by atoms with Crippen LogP contribution in [0.15, 0.2) is 28.8 Å². The molecule has 98 valence electrons.